The van der Waals surface area contributed by atoms with E-state index in [9.17, 15) is 9.59 Å². The number of urea groups is 2. The minimum absolute atomic E-state index is 0.0292. The van der Waals surface area contributed by atoms with Crippen LogP contribution >= 0.6 is 0 Å². The summed E-state index contributed by atoms with van der Waals surface area (Å²) in [6, 6.07) is 0.514. The lowest BCUT2D eigenvalue weighted by molar-refractivity contribution is 0.151. The molecule has 4 amide bonds. The van der Waals surface area contributed by atoms with Crippen LogP contribution < -0.4 is 21.3 Å². The highest BCUT2D eigenvalue weighted by Crippen LogP contribution is 2.39. The lowest BCUT2D eigenvalue weighted by Crippen LogP contribution is -2.47. The molecular weight excluding hydrogens is 400 g/mol. The molecule has 4 atom stereocenters. The van der Waals surface area contributed by atoms with Crippen LogP contribution in [0.15, 0.2) is 0 Å². The Morgan fingerprint density at radius 1 is 0.656 bits per heavy atom. The van der Waals surface area contributed by atoms with Gasteiger partial charge in [0.05, 0.1) is 0 Å². The zero-order valence-corrected chi connectivity index (χ0v) is 21.6. The van der Waals surface area contributed by atoms with Gasteiger partial charge < -0.3 is 21.3 Å². The third kappa shape index (κ3) is 10.4. The van der Waals surface area contributed by atoms with Gasteiger partial charge in [0.2, 0.25) is 0 Å². The number of carbonyl (C=O) groups excluding carboxylic acids is 2. The van der Waals surface area contributed by atoms with E-state index < -0.39 is 0 Å². The van der Waals surface area contributed by atoms with Gasteiger partial charge in [0, 0.05) is 25.2 Å². The number of amides is 4. The summed E-state index contributed by atoms with van der Waals surface area (Å²) in [6.07, 6.45) is 10.8. The summed E-state index contributed by atoms with van der Waals surface area (Å²) in [6.45, 7) is 15.2. The van der Waals surface area contributed by atoms with Gasteiger partial charge in [0.25, 0.3) is 0 Å². The van der Waals surface area contributed by atoms with E-state index in [1.54, 1.807) is 0 Å². The molecule has 0 aromatic heterocycles. The highest BCUT2D eigenvalue weighted by Gasteiger charge is 2.33. The molecule has 4 N–H and O–H groups in total. The third-order valence-corrected chi connectivity index (χ3v) is 7.12. The number of carbonyl (C=O) groups is 2. The predicted molar refractivity (Wildman–Crippen MR) is 133 cm³/mol. The molecule has 0 aromatic carbocycles. The fourth-order valence-corrected chi connectivity index (χ4v) is 6.39. The van der Waals surface area contributed by atoms with Crippen LogP contribution in [0.2, 0.25) is 0 Å². The summed E-state index contributed by atoms with van der Waals surface area (Å²) in [7, 11) is 0. The van der Waals surface area contributed by atoms with Crippen molar-refractivity contribution < 1.29 is 9.59 Å². The molecule has 0 aromatic rings. The highest BCUT2D eigenvalue weighted by atomic mass is 16.2. The van der Waals surface area contributed by atoms with Crippen molar-refractivity contribution in [3.8, 4) is 0 Å². The number of nitrogens with one attached hydrogen (secondary N) is 4. The first-order valence-corrected chi connectivity index (χ1v) is 13.0. The molecule has 0 spiro atoms. The van der Waals surface area contributed by atoms with Gasteiger partial charge in [-0.2, -0.15) is 0 Å². The van der Waals surface area contributed by atoms with Gasteiger partial charge in [0.15, 0.2) is 0 Å². The Morgan fingerprint density at radius 2 is 1.03 bits per heavy atom. The molecule has 186 valence electrons. The molecule has 0 aliphatic heterocycles. The Hall–Kier alpha value is -1.46. The lowest BCUT2D eigenvalue weighted by Gasteiger charge is -2.39. The van der Waals surface area contributed by atoms with Crippen LogP contribution in [0.5, 0.6) is 0 Å². The van der Waals surface area contributed by atoms with Crippen LogP contribution in [-0.4, -0.2) is 37.2 Å². The summed E-state index contributed by atoms with van der Waals surface area (Å²) in [5.41, 5.74) is 0.623. The maximum absolute atomic E-state index is 12.2. The minimum Gasteiger partial charge on any atom is -0.338 e. The van der Waals surface area contributed by atoms with E-state index in [1.165, 1.54) is 12.8 Å². The van der Waals surface area contributed by atoms with Crippen molar-refractivity contribution in [2.75, 3.05) is 13.1 Å². The van der Waals surface area contributed by atoms with Gasteiger partial charge in [-0.1, -0.05) is 54.4 Å². The second-order valence-electron chi connectivity index (χ2n) is 12.4. The molecule has 0 unspecified atom stereocenters. The van der Waals surface area contributed by atoms with Crippen LogP contribution in [0.4, 0.5) is 9.59 Å². The van der Waals surface area contributed by atoms with Crippen molar-refractivity contribution in [1.29, 1.82) is 0 Å². The Kier molecular flexibility index (Phi) is 10.2. The van der Waals surface area contributed by atoms with Crippen molar-refractivity contribution in [3.05, 3.63) is 0 Å². The molecule has 32 heavy (non-hydrogen) atoms. The summed E-state index contributed by atoms with van der Waals surface area (Å²) >= 11 is 0. The van der Waals surface area contributed by atoms with Crippen LogP contribution in [0.25, 0.3) is 0 Å². The third-order valence-electron chi connectivity index (χ3n) is 7.12. The van der Waals surface area contributed by atoms with E-state index in [0.717, 1.165) is 51.4 Å². The second-order valence-corrected chi connectivity index (χ2v) is 12.4. The molecule has 2 saturated carbocycles. The number of hydrogen-bond donors (Lipinski definition) is 4. The van der Waals surface area contributed by atoms with Crippen LogP contribution in [0.3, 0.4) is 0 Å². The van der Waals surface area contributed by atoms with E-state index in [-0.39, 0.29) is 24.1 Å². The van der Waals surface area contributed by atoms with E-state index >= 15 is 0 Å². The fraction of sp³-hybridized carbons (Fsp3) is 0.923. The smallest absolute Gasteiger partial charge is 0.315 e. The van der Waals surface area contributed by atoms with Gasteiger partial charge in [0.1, 0.15) is 0 Å². The summed E-state index contributed by atoms with van der Waals surface area (Å²) in [5, 5.41) is 12.3. The Morgan fingerprint density at radius 3 is 1.38 bits per heavy atom. The lowest BCUT2D eigenvalue weighted by atomic mass is 9.70. The van der Waals surface area contributed by atoms with Gasteiger partial charge in [-0.05, 0) is 74.0 Å². The highest BCUT2D eigenvalue weighted by molar-refractivity contribution is 5.74. The Bertz CT molecular complexity index is 553. The van der Waals surface area contributed by atoms with Gasteiger partial charge in [-0.25, -0.2) is 9.59 Å². The maximum Gasteiger partial charge on any atom is 0.315 e. The number of unbranched alkanes of at least 4 members (excludes halogenated alkanes) is 3. The first-order valence-electron chi connectivity index (χ1n) is 13.0. The van der Waals surface area contributed by atoms with E-state index in [2.05, 4.69) is 62.8 Å². The largest absolute Gasteiger partial charge is 0.338 e. The van der Waals surface area contributed by atoms with Crippen LogP contribution in [-0.2, 0) is 0 Å². The van der Waals surface area contributed by atoms with E-state index in [1.807, 2.05) is 0 Å². The normalized spacial score (nSPS) is 29.1. The maximum atomic E-state index is 12.2. The summed E-state index contributed by atoms with van der Waals surface area (Å²) in [4.78, 5) is 24.4. The minimum atomic E-state index is -0.0292. The molecule has 2 rings (SSSR count). The first-order chi connectivity index (χ1) is 14.9. The number of rotatable bonds is 9. The fourth-order valence-electron chi connectivity index (χ4n) is 6.39. The second kappa shape index (κ2) is 12.1. The standard InChI is InChI=1S/C26H50N4O2/c1-19-13-21(17-25(3,4)15-19)29-23(31)27-11-9-7-8-10-12-28-24(32)30-22-14-20(2)16-26(5,6)18-22/h19-22H,7-18H2,1-6H3,(H2,27,29,31)(H2,28,30,32)/t19-,20+,21+,22-. The Balaban J connectivity index is 1.46. The zero-order valence-electron chi connectivity index (χ0n) is 21.6. The Labute approximate surface area is 196 Å². The van der Waals surface area contributed by atoms with Crippen molar-refractivity contribution in [1.82, 2.24) is 21.3 Å². The predicted octanol–water partition coefficient (Wildman–Crippen LogP) is 5.57. The molecule has 2 aliphatic carbocycles. The summed E-state index contributed by atoms with van der Waals surface area (Å²) in [5.74, 6) is 1.33. The monoisotopic (exact) mass is 450 g/mol. The SMILES string of the molecule is C[C@@H]1C[C@H](NC(=O)NCCCCCCNC(=O)N[C@@H]2C[C@H](C)CC(C)(C)C2)CC(C)(C)C1. The van der Waals surface area contributed by atoms with Crippen LogP contribution in [0, 0.1) is 22.7 Å². The molecule has 0 bridgehead atoms. The molecule has 2 aliphatic rings. The van der Waals surface area contributed by atoms with Gasteiger partial charge in [-0.3, -0.25) is 0 Å². The average molecular weight is 451 g/mol. The van der Waals surface area contributed by atoms with E-state index in [0.29, 0.717) is 35.8 Å². The topological polar surface area (TPSA) is 82.3 Å². The zero-order chi connectivity index (χ0) is 23.8. The first kappa shape index (κ1) is 26.8. The van der Waals surface area contributed by atoms with Gasteiger partial charge >= 0.3 is 12.1 Å². The molecule has 6 heteroatoms. The molecule has 0 radical (unpaired) electrons. The van der Waals surface area contributed by atoms with Gasteiger partial charge in [-0.15, -0.1) is 0 Å². The molecule has 2 fully saturated rings. The van der Waals surface area contributed by atoms with Crippen molar-refractivity contribution >= 4 is 12.1 Å². The number of hydrogen-bond acceptors (Lipinski definition) is 2. The summed E-state index contributed by atoms with van der Waals surface area (Å²) < 4.78 is 0. The average Bonchev–Trinajstić information content (AvgIpc) is 2.60. The van der Waals surface area contributed by atoms with E-state index in [4.69, 9.17) is 0 Å². The van der Waals surface area contributed by atoms with Crippen molar-refractivity contribution in [2.45, 2.75) is 118 Å². The molecular formula is C26H50N4O2. The van der Waals surface area contributed by atoms with Crippen molar-refractivity contribution in [2.24, 2.45) is 22.7 Å². The molecule has 0 heterocycles. The van der Waals surface area contributed by atoms with Crippen LogP contribution in [0.1, 0.15) is 106 Å². The molecule has 0 saturated heterocycles. The van der Waals surface area contributed by atoms with Crippen molar-refractivity contribution in [3.63, 3.8) is 0 Å². The molecule has 6 nitrogen and oxygen atoms in total. The quantitative estimate of drug-likeness (QED) is 0.346.